The third-order valence-corrected chi connectivity index (χ3v) is 2.45. The van der Waals surface area contributed by atoms with Crippen LogP contribution in [0.4, 0.5) is 4.39 Å². The quantitative estimate of drug-likeness (QED) is 0.687. The maximum Gasteiger partial charge on any atom is 0.239 e. The van der Waals surface area contributed by atoms with E-state index in [9.17, 15) is 9.18 Å². The van der Waals surface area contributed by atoms with Gasteiger partial charge in [-0.2, -0.15) is 0 Å². The monoisotopic (exact) mass is 188 g/mol. The van der Waals surface area contributed by atoms with Gasteiger partial charge in [0.25, 0.3) is 0 Å². The topological polar surface area (TPSA) is 46.3 Å². The van der Waals surface area contributed by atoms with Gasteiger partial charge in [0.1, 0.15) is 6.17 Å². The second-order valence-corrected chi connectivity index (χ2v) is 3.94. The van der Waals surface area contributed by atoms with Gasteiger partial charge in [-0.15, -0.1) is 0 Å². The first-order chi connectivity index (χ1) is 6.02. The molecule has 0 radical (unpaired) electrons. The molecule has 0 aromatic heterocycles. The number of halogens is 1. The van der Waals surface area contributed by atoms with Gasteiger partial charge in [-0.05, 0) is 12.3 Å². The number of nitrogens with zero attached hydrogens (tertiary/aromatic N) is 1. The molecule has 13 heavy (non-hydrogen) atoms. The smallest absolute Gasteiger partial charge is 0.239 e. The number of carbonyl (C=O) groups is 1. The molecule has 1 amide bonds. The molecular formula is C9H17FN2O. The molecule has 1 saturated heterocycles. The number of amides is 1. The Bertz CT molecular complexity index is 196. The van der Waals surface area contributed by atoms with Gasteiger partial charge < -0.3 is 10.6 Å². The predicted molar refractivity (Wildman–Crippen MR) is 48.9 cm³/mol. The van der Waals surface area contributed by atoms with E-state index in [-0.39, 0.29) is 18.4 Å². The fraction of sp³-hybridized carbons (Fsp3) is 0.889. The van der Waals surface area contributed by atoms with E-state index in [1.54, 1.807) is 0 Å². The molecule has 1 rings (SSSR count). The average Bonchev–Trinajstić information content (AvgIpc) is 2.49. The predicted octanol–water partition coefficient (Wildman–Crippen LogP) is 0.540. The van der Waals surface area contributed by atoms with E-state index in [1.165, 1.54) is 4.90 Å². The van der Waals surface area contributed by atoms with Crippen molar-refractivity contribution in [2.24, 2.45) is 11.7 Å². The highest BCUT2D eigenvalue weighted by Crippen LogP contribution is 2.14. The van der Waals surface area contributed by atoms with Gasteiger partial charge in [0.2, 0.25) is 5.91 Å². The fourth-order valence-electron chi connectivity index (χ4n) is 1.41. The van der Waals surface area contributed by atoms with Crippen LogP contribution in [0, 0.1) is 5.92 Å². The molecule has 0 bridgehead atoms. The Morgan fingerprint density at radius 2 is 2.23 bits per heavy atom. The Hall–Kier alpha value is -0.640. The number of hydrogen-bond donors (Lipinski definition) is 1. The minimum atomic E-state index is -0.858. The number of hydrogen-bond acceptors (Lipinski definition) is 2. The summed E-state index contributed by atoms with van der Waals surface area (Å²) < 4.78 is 12.8. The summed E-state index contributed by atoms with van der Waals surface area (Å²) in [5.74, 6) is 0.00121. The van der Waals surface area contributed by atoms with Crippen molar-refractivity contribution in [2.75, 3.05) is 13.1 Å². The zero-order valence-electron chi connectivity index (χ0n) is 8.16. The van der Waals surface area contributed by atoms with E-state index in [4.69, 9.17) is 5.73 Å². The average molecular weight is 188 g/mol. The molecule has 2 atom stereocenters. The third-order valence-electron chi connectivity index (χ3n) is 2.45. The molecule has 1 aliphatic heterocycles. The van der Waals surface area contributed by atoms with Gasteiger partial charge in [-0.25, -0.2) is 4.39 Å². The lowest BCUT2D eigenvalue weighted by Gasteiger charge is -2.22. The zero-order chi connectivity index (χ0) is 10.0. The first-order valence-electron chi connectivity index (χ1n) is 4.70. The second-order valence-electron chi connectivity index (χ2n) is 3.94. The first-order valence-corrected chi connectivity index (χ1v) is 4.70. The summed E-state index contributed by atoms with van der Waals surface area (Å²) in [7, 11) is 0. The summed E-state index contributed by atoms with van der Waals surface area (Å²) >= 11 is 0. The fourth-order valence-corrected chi connectivity index (χ4v) is 1.41. The van der Waals surface area contributed by atoms with E-state index in [2.05, 4.69) is 0 Å². The zero-order valence-corrected chi connectivity index (χ0v) is 8.16. The maximum atomic E-state index is 12.8. The summed E-state index contributed by atoms with van der Waals surface area (Å²) in [5.41, 5.74) is 5.67. The maximum absolute atomic E-state index is 12.8. The van der Waals surface area contributed by atoms with Crippen LogP contribution >= 0.6 is 0 Å². The van der Waals surface area contributed by atoms with Crippen molar-refractivity contribution in [1.29, 1.82) is 0 Å². The van der Waals surface area contributed by atoms with Gasteiger partial charge in [0.05, 0.1) is 12.6 Å². The van der Waals surface area contributed by atoms with Crippen molar-refractivity contribution in [2.45, 2.75) is 32.5 Å². The molecule has 0 aromatic rings. The van der Waals surface area contributed by atoms with Crippen molar-refractivity contribution >= 4 is 5.91 Å². The molecule has 0 aromatic carbocycles. The first kappa shape index (κ1) is 10.4. The van der Waals surface area contributed by atoms with Crippen LogP contribution in [0.25, 0.3) is 0 Å². The van der Waals surface area contributed by atoms with E-state index >= 15 is 0 Å². The molecule has 0 aliphatic carbocycles. The molecule has 0 spiro atoms. The Labute approximate surface area is 78.1 Å². The van der Waals surface area contributed by atoms with E-state index < -0.39 is 12.2 Å². The Morgan fingerprint density at radius 3 is 2.62 bits per heavy atom. The second kappa shape index (κ2) is 4.05. The lowest BCUT2D eigenvalue weighted by Crippen LogP contribution is -2.45. The van der Waals surface area contributed by atoms with E-state index in [0.29, 0.717) is 13.0 Å². The highest BCUT2D eigenvalue weighted by molar-refractivity contribution is 5.82. The Kier molecular flexibility index (Phi) is 3.25. The minimum Gasteiger partial charge on any atom is -0.338 e. The molecule has 76 valence electrons. The summed E-state index contributed by atoms with van der Waals surface area (Å²) in [5, 5.41) is 0. The number of rotatable bonds is 2. The molecule has 2 unspecified atom stereocenters. The third kappa shape index (κ3) is 2.40. The van der Waals surface area contributed by atoms with Crippen molar-refractivity contribution in [1.82, 2.24) is 4.90 Å². The number of likely N-dealkylation sites (tertiary alicyclic amines) is 1. The van der Waals surface area contributed by atoms with Gasteiger partial charge in [0.15, 0.2) is 0 Å². The van der Waals surface area contributed by atoms with Gasteiger partial charge >= 0.3 is 0 Å². The molecule has 4 heteroatoms. The van der Waals surface area contributed by atoms with Crippen LogP contribution < -0.4 is 5.73 Å². The Balaban J connectivity index is 2.48. The molecule has 1 heterocycles. The molecule has 1 aliphatic rings. The van der Waals surface area contributed by atoms with E-state index in [1.807, 2.05) is 13.8 Å². The highest BCUT2D eigenvalue weighted by Gasteiger charge is 2.30. The van der Waals surface area contributed by atoms with Gasteiger partial charge in [0, 0.05) is 6.54 Å². The summed E-state index contributed by atoms with van der Waals surface area (Å²) in [6, 6.07) is -0.481. The number of carbonyl (C=O) groups excluding carboxylic acids is 1. The molecule has 3 nitrogen and oxygen atoms in total. The summed E-state index contributed by atoms with van der Waals surface area (Å²) in [4.78, 5) is 13.1. The van der Waals surface area contributed by atoms with Crippen molar-refractivity contribution in [3.05, 3.63) is 0 Å². The number of nitrogens with two attached hydrogens (primary N) is 1. The highest BCUT2D eigenvalue weighted by atomic mass is 19.1. The van der Waals surface area contributed by atoms with Crippen LogP contribution in [-0.4, -0.2) is 36.1 Å². The lowest BCUT2D eigenvalue weighted by atomic mass is 10.0. The van der Waals surface area contributed by atoms with Crippen molar-refractivity contribution in [3.63, 3.8) is 0 Å². The lowest BCUT2D eigenvalue weighted by molar-refractivity contribution is -0.132. The summed E-state index contributed by atoms with van der Waals surface area (Å²) in [6.45, 7) is 4.52. The normalized spacial score (nSPS) is 25.3. The van der Waals surface area contributed by atoms with Crippen LogP contribution in [-0.2, 0) is 4.79 Å². The molecule has 2 N–H and O–H groups in total. The minimum absolute atomic E-state index is 0.116. The molecule has 1 fully saturated rings. The largest absolute Gasteiger partial charge is 0.338 e. The Morgan fingerprint density at radius 1 is 1.62 bits per heavy atom. The van der Waals surface area contributed by atoms with Crippen LogP contribution in [0.15, 0.2) is 0 Å². The van der Waals surface area contributed by atoms with Crippen molar-refractivity contribution < 1.29 is 9.18 Å². The SMILES string of the molecule is CC(C)C(N)C(=O)N1CCC(F)C1. The van der Waals surface area contributed by atoms with Crippen molar-refractivity contribution in [3.8, 4) is 0 Å². The van der Waals surface area contributed by atoms with Gasteiger partial charge in [-0.1, -0.05) is 13.8 Å². The molecule has 0 saturated carbocycles. The van der Waals surface area contributed by atoms with Gasteiger partial charge in [-0.3, -0.25) is 4.79 Å². The van der Waals surface area contributed by atoms with Crippen LogP contribution in [0.2, 0.25) is 0 Å². The summed E-state index contributed by atoms with van der Waals surface area (Å²) in [6.07, 6.45) is -0.403. The van der Waals surface area contributed by atoms with Crippen LogP contribution in [0.3, 0.4) is 0 Å². The number of alkyl halides is 1. The van der Waals surface area contributed by atoms with Crippen LogP contribution in [0.5, 0.6) is 0 Å². The molecular weight excluding hydrogens is 171 g/mol. The van der Waals surface area contributed by atoms with E-state index in [0.717, 1.165) is 0 Å². The standard InChI is InChI=1S/C9H17FN2O/c1-6(2)8(11)9(13)12-4-3-7(10)5-12/h6-8H,3-5,11H2,1-2H3. The van der Waals surface area contributed by atoms with Crippen LogP contribution in [0.1, 0.15) is 20.3 Å².